The number of benzene rings is 1. The van der Waals surface area contributed by atoms with Crippen LogP contribution < -0.4 is 21.3 Å². The van der Waals surface area contributed by atoms with E-state index in [1.54, 1.807) is 13.2 Å². The van der Waals surface area contributed by atoms with E-state index in [2.05, 4.69) is 20.7 Å². The summed E-state index contributed by atoms with van der Waals surface area (Å²) in [6.07, 6.45) is 2.37. The van der Waals surface area contributed by atoms with Crippen molar-refractivity contribution in [2.45, 2.75) is 6.42 Å². The van der Waals surface area contributed by atoms with Crippen molar-refractivity contribution in [3.63, 3.8) is 0 Å². The predicted octanol–water partition coefficient (Wildman–Crippen LogP) is 1.43. The first-order valence-corrected chi connectivity index (χ1v) is 5.97. The molecule has 1 heterocycles. The summed E-state index contributed by atoms with van der Waals surface area (Å²) in [5.41, 5.74) is 3.72. The third kappa shape index (κ3) is 3.82. The molecule has 0 atom stereocenters. The van der Waals surface area contributed by atoms with Crippen molar-refractivity contribution < 1.29 is 4.74 Å². The van der Waals surface area contributed by atoms with Crippen molar-refractivity contribution in [1.29, 1.82) is 0 Å². The van der Waals surface area contributed by atoms with E-state index in [4.69, 9.17) is 10.6 Å². The number of nitrogens with one attached hydrogen (secondary N) is 2. The zero-order valence-corrected chi connectivity index (χ0v) is 10.8. The fraction of sp³-hybridized carbons (Fsp3) is 0.231. The van der Waals surface area contributed by atoms with Crippen LogP contribution in [-0.4, -0.2) is 23.6 Å². The molecule has 6 nitrogen and oxygen atoms in total. The summed E-state index contributed by atoms with van der Waals surface area (Å²) in [4.78, 5) is 8.05. The van der Waals surface area contributed by atoms with E-state index in [0.717, 1.165) is 24.5 Å². The first-order valence-electron chi connectivity index (χ1n) is 5.97. The second kappa shape index (κ2) is 6.55. The lowest BCUT2D eigenvalue weighted by Gasteiger charge is -2.07. The average Bonchev–Trinajstić information content (AvgIpc) is 2.48. The maximum atomic E-state index is 5.29. The Morgan fingerprint density at radius 3 is 2.58 bits per heavy atom. The van der Waals surface area contributed by atoms with Crippen LogP contribution in [0.15, 0.2) is 36.7 Å². The van der Waals surface area contributed by atoms with Crippen LogP contribution in [0.5, 0.6) is 5.75 Å². The van der Waals surface area contributed by atoms with Crippen molar-refractivity contribution in [2.75, 3.05) is 24.4 Å². The summed E-state index contributed by atoms with van der Waals surface area (Å²) in [5, 5.41) is 3.22. The van der Waals surface area contributed by atoms with Crippen molar-refractivity contribution in [3.05, 3.63) is 42.2 Å². The highest BCUT2D eigenvalue weighted by molar-refractivity contribution is 5.45. The molecule has 0 fully saturated rings. The first kappa shape index (κ1) is 13.1. The zero-order chi connectivity index (χ0) is 13.5. The molecule has 0 unspecified atom stereocenters. The van der Waals surface area contributed by atoms with Crippen LogP contribution in [0.25, 0.3) is 0 Å². The molecule has 0 amide bonds. The molecule has 0 saturated carbocycles. The van der Waals surface area contributed by atoms with Gasteiger partial charge >= 0.3 is 0 Å². The van der Waals surface area contributed by atoms with Crippen LogP contribution >= 0.6 is 0 Å². The molecule has 0 aliphatic rings. The van der Waals surface area contributed by atoms with Crippen molar-refractivity contribution in [1.82, 2.24) is 9.97 Å². The van der Waals surface area contributed by atoms with Crippen molar-refractivity contribution in [3.8, 4) is 5.75 Å². The van der Waals surface area contributed by atoms with Gasteiger partial charge in [-0.05, 0) is 24.1 Å². The minimum Gasteiger partial charge on any atom is -0.497 e. The molecule has 0 aliphatic carbocycles. The van der Waals surface area contributed by atoms with Gasteiger partial charge in [-0.2, -0.15) is 0 Å². The van der Waals surface area contributed by atoms with E-state index < -0.39 is 0 Å². The van der Waals surface area contributed by atoms with Crippen molar-refractivity contribution >= 4 is 11.6 Å². The van der Waals surface area contributed by atoms with Crippen LogP contribution in [-0.2, 0) is 6.42 Å². The van der Waals surface area contributed by atoms with E-state index >= 15 is 0 Å². The van der Waals surface area contributed by atoms with Gasteiger partial charge in [-0.1, -0.05) is 12.1 Å². The minimum absolute atomic E-state index is 0.585. The predicted molar refractivity (Wildman–Crippen MR) is 75.0 cm³/mol. The van der Waals surface area contributed by atoms with Gasteiger partial charge in [0.05, 0.1) is 7.11 Å². The Kier molecular flexibility index (Phi) is 4.52. The number of nitrogens with zero attached hydrogens (tertiary/aromatic N) is 2. The highest BCUT2D eigenvalue weighted by Gasteiger charge is 1.98. The minimum atomic E-state index is 0.585. The highest BCUT2D eigenvalue weighted by Crippen LogP contribution is 2.12. The standard InChI is InChI=1S/C13H17N5O/c1-19-11-4-2-10(3-5-11)6-7-15-12-8-13(18-14)17-9-16-12/h2-5,8-9H,6-7,14H2,1H3,(H2,15,16,17,18). The van der Waals surface area contributed by atoms with Gasteiger partial charge in [0.25, 0.3) is 0 Å². The molecule has 1 aromatic heterocycles. The van der Waals surface area contributed by atoms with Gasteiger partial charge in [0.15, 0.2) is 0 Å². The molecular weight excluding hydrogens is 242 g/mol. The van der Waals surface area contributed by atoms with Crippen LogP contribution in [0.2, 0.25) is 0 Å². The van der Waals surface area contributed by atoms with E-state index in [1.165, 1.54) is 11.9 Å². The molecular formula is C13H17N5O. The Morgan fingerprint density at radius 2 is 1.89 bits per heavy atom. The summed E-state index contributed by atoms with van der Waals surface area (Å²) >= 11 is 0. The van der Waals surface area contributed by atoms with Gasteiger partial charge in [0.1, 0.15) is 23.7 Å². The Morgan fingerprint density at radius 1 is 1.16 bits per heavy atom. The van der Waals surface area contributed by atoms with Gasteiger partial charge in [0.2, 0.25) is 0 Å². The molecule has 6 heteroatoms. The number of nitrogen functional groups attached to an aromatic ring is 1. The third-order valence-electron chi connectivity index (χ3n) is 2.69. The number of hydrogen-bond donors (Lipinski definition) is 3. The van der Waals surface area contributed by atoms with Crippen LogP contribution in [0.1, 0.15) is 5.56 Å². The molecule has 4 N–H and O–H groups in total. The van der Waals surface area contributed by atoms with E-state index in [9.17, 15) is 0 Å². The molecule has 19 heavy (non-hydrogen) atoms. The molecule has 0 spiro atoms. The third-order valence-corrected chi connectivity index (χ3v) is 2.69. The molecule has 2 aromatic rings. The topological polar surface area (TPSA) is 85.1 Å². The highest BCUT2D eigenvalue weighted by atomic mass is 16.5. The summed E-state index contributed by atoms with van der Waals surface area (Å²) < 4.78 is 5.12. The second-order valence-electron chi connectivity index (χ2n) is 3.96. The summed E-state index contributed by atoms with van der Waals surface area (Å²) in [5.74, 6) is 7.48. The molecule has 0 bridgehead atoms. The van der Waals surface area contributed by atoms with E-state index in [-0.39, 0.29) is 0 Å². The Balaban J connectivity index is 1.85. The van der Waals surface area contributed by atoms with Crippen molar-refractivity contribution in [2.24, 2.45) is 5.84 Å². The number of anilines is 2. The lowest BCUT2D eigenvalue weighted by molar-refractivity contribution is 0.414. The average molecular weight is 259 g/mol. The molecule has 1 aromatic carbocycles. The SMILES string of the molecule is COc1ccc(CCNc2cc(NN)ncn2)cc1. The van der Waals surface area contributed by atoms with Gasteiger partial charge in [-0.3, -0.25) is 0 Å². The Labute approximate surface area is 112 Å². The number of methoxy groups -OCH3 is 1. The summed E-state index contributed by atoms with van der Waals surface area (Å²) in [7, 11) is 1.66. The molecule has 0 radical (unpaired) electrons. The summed E-state index contributed by atoms with van der Waals surface area (Å²) in [6.45, 7) is 0.785. The van der Waals surface area contributed by atoms with Crippen LogP contribution in [0.4, 0.5) is 11.6 Å². The quantitative estimate of drug-likeness (QED) is 0.537. The van der Waals surface area contributed by atoms with E-state index in [1.807, 2.05) is 24.3 Å². The normalized spacial score (nSPS) is 10.0. The second-order valence-corrected chi connectivity index (χ2v) is 3.96. The molecule has 0 saturated heterocycles. The van der Waals surface area contributed by atoms with Gasteiger partial charge in [0, 0.05) is 12.6 Å². The fourth-order valence-corrected chi connectivity index (χ4v) is 1.66. The van der Waals surface area contributed by atoms with Gasteiger partial charge in [-0.15, -0.1) is 0 Å². The lowest BCUT2D eigenvalue weighted by atomic mass is 10.1. The number of rotatable bonds is 6. The van der Waals surface area contributed by atoms with Crippen LogP contribution in [0, 0.1) is 0 Å². The number of aromatic nitrogens is 2. The number of hydrazine groups is 1. The monoisotopic (exact) mass is 259 g/mol. The molecule has 0 aliphatic heterocycles. The van der Waals surface area contributed by atoms with Gasteiger partial charge in [-0.25, -0.2) is 15.8 Å². The largest absolute Gasteiger partial charge is 0.497 e. The Hall–Kier alpha value is -2.34. The summed E-state index contributed by atoms with van der Waals surface area (Å²) in [6, 6.07) is 9.77. The maximum absolute atomic E-state index is 5.29. The maximum Gasteiger partial charge on any atom is 0.145 e. The fourth-order valence-electron chi connectivity index (χ4n) is 1.66. The number of hydrogen-bond acceptors (Lipinski definition) is 6. The molecule has 2 rings (SSSR count). The smallest absolute Gasteiger partial charge is 0.145 e. The van der Waals surface area contributed by atoms with E-state index in [0.29, 0.717) is 5.82 Å². The molecule has 100 valence electrons. The van der Waals surface area contributed by atoms with Gasteiger partial charge < -0.3 is 15.5 Å². The first-order chi connectivity index (χ1) is 9.31. The lowest BCUT2D eigenvalue weighted by Crippen LogP contribution is -2.11. The zero-order valence-electron chi connectivity index (χ0n) is 10.8. The van der Waals surface area contributed by atoms with Crippen LogP contribution in [0.3, 0.4) is 0 Å². The number of nitrogens with two attached hydrogens (primary N) is 1. The number of ether oxygens (including phenoxy) is 1. The Bertz CT molecular complexity index is 515.